The molecule has 2 aromatic rings. The first-order valence-electron chi connectivity index (χ1n) is 11.3. The van der Waals surface area contributed by atoms with Gasteiger partial charge >= 0.3 is 6.09 Å². The summed E-state index contributed by atoms with van der Waals surface area (Å²) in [5.41, 5.74) is 1.60. The molecule has 10 heteroatoms. The Balaban J connectivity index is 1.64. The van der Waals surface area contributed by atoms with Crippen LogP contribution in [0, 0.1) is 0 Å². The smallest absolute Gasteiger partial charge is 0.409 e. The summed E-state index contributed by atoms with van der Waals surface area (Å²) in [6.45, 7) is 3.44. The highest BCUT2D eigenvalue weighted by atomic mass is 16.6. The molecule has 180 valence electrons. The minimum atomic E-state index is -0.451. The van der Waals surface area contributed by atoms with Gasteiger partial charge in [-0.25, -0.2) is 4.79 Å². The van der Waals surface area contributed by atoms with E-state index >= 15 is 0 Å². The van der Waals surface area contributed by atoms with E-state index in [4.69, 9.17) is 9.47 Å². The molecule has 2 heterocycles. The number of aromatic nitrogens is 3. The number of likely N-dealkylation sites (N-methyl/N-ethyl adjacent to an activating group) is 1. The van der Waals surface area contributed by atoms with Gasteiger partial charge in [0.15, 0.2) is 0 Å². The van der Waals surface area contributed by atoms with E-state index in [-0.39, 0.29) is 44.4 Å². The van der Waals surface area contributed by atoms with E-state index in [1.807, 2.05) is 43.5 Å². The number of amides is 2. The van der Waals surface area contributed by atoms with Crippen molar-refractivity contribution in [3.05, 3.63) is 47.8 Å². The first-order valence-corrected chi connectivity index (χ1v) is 11.3. The fraction of sp³-hybridized carbons (Fsp3) is 0.565. The number of carbonyl (C=O) groups excluding carboxylic acids is 2. The second-order valence-corrected chi connectivity index (χ2v) is 8.34. The molecule has 0 saturated heterocycles. The van der Waals surface area contributed by atoms with Crippen molar-refractivity contribution in [3.63, 3.8) is 0 Å². The number of aliphatic hydroxyl groups is 1. The maximum absolute atomic E-state index is 12.8. The fourth-order valence-corrected chi connectivity index (χ4v) is 3.66. The number of benzene rings is 1. The number of fused-ring (bicyclic) bond motifs is 2. The summed E-state index contributed by atoms with van der Waals surface area (Å²) < 4.78 is 13.2. The molecule has 1 aliphatic rings. The van der Waals surface area contributed by atoms with Crippen LogP contribution in [0.4, 0.5) is 4.79 Å². The van der Waals surface area contributed by atoms with Crippen LogP contribution < -0.4 is 0 Å². The number of rotatable bonds is 6. The molecule has 1 aromatic carbocycles. The number of nitrogens with zero attached hydrogens (tertiary/aromatic N) is 5. The Bertz CT molecular complexity index is 890. The van der Waals surface area contributed by atoms with Gasteiger partial charge in [-0.2, -0.15) is 0 Å². The van der Waals surface area contributed by atoms with Crippen molar-refractivity contribution in [3.8, 4) is 0 Å². The maximum Gasteiger partial charge on any atom is 0.409 e. The molecule has 0 fully saturated rings. The van der Waals surface area contributed by atoms with Gasteiger partial charge in [0.25, 0.3) is 0 Å². The zero-order valence-electron chi connectivity index (χ0n) is 19.3. The number of hydrogen-bond donors (Lipinski definition) is 1. The van der Waals surface area contributed by atoms with Crippen LogP contribution in [0.25, 0.3) is 0 Å². The van der Waals surface area contributed by atoms with E-state index in [1.54, 1.807) is 16.6 Å². The Morgan fingerprint density at radius 1 is 1.33 bits per heavy atom. The quantitative estimate of drug-likeness (QED) is 0.702. The lowest BCUT2D eigenvalue weighted by Crippen LogP contribution is -2.44. The van der Waals surface area contributed by atoms with E-state index in [0.717, 1.165) is 5.56 Å². The van der Waals surface area contributed by atoms with Crippen molar-refractivity contribution in [2.45, 2.75) is 58.1 Å². The van der Waals surface area contributed by atoms with Crippen LogP contribution in [-0.2, 0) is 34.0 Å². The first kappa shape index (κ1) is 24.7. The predicted molar refractivity (Wildman–Crippen MR) is 120 cm³/mol. The monoisotopic (exact) mass is 459 g/mol. The largest absolute Gasteiger partial charge is 0.445 e. The lowest BCUT2D eigenvalue weighted by molar-refractivity contribution is -0.134. The highest BCUT2D eigenvalue weighted by Gasteiger charge is 2.24. The molecular weight excluding hydrogens is 426 g/mol. The second kappa shape index (κ2) is 12.3. The van der Waals surface area contributed by atoms with E-state index in [9.17, 15) is 14.7 Å². The fourth-order valence-electron chi connectivity index (χ4n) is 3.66. The SMILES string of the molecule is C[C@@H](CO)N1CC[C@H](CN(C)C(=O)OCc2ccccc2)OCc2cn(nn2)CCCC1=O. The van der Waals surface area contributed by atoms with Crippen LogP contribution in [0.2, 0.25) is 0 Å². The van der Waals surface area contributed by atoms with Crippen molar-refractivity contribution in [1.29, 1.82) is 0 Å². The second-order valence-electron chi connectivity index (χ2n) is 8.34. The zero-order chi connectivity index (χ0) is 23.6. The normalized spacial score (nSPS) is 18.6. The Kier molecular flexibility index (Phi) is 9.20. The third-order valence-corrected chi connectivity index (χ3v) is 5.63. The number of ether oxygens (including phenoxy) is 2. The average molecular weight is 460 g/mol. The van der Waals surface area contributed by atoms with Gasteiger partial charge in [-0.05, 0) is 25.3 Å². The molecule has 3 rings (SSSR count). The van der Waals surface area contributed by atoms with E-state index in [1.165, 1.54) is 4.90 Å². The molecule has 33 heavy (non-hydrogen) atoms. The highest BCUT2D eigenvalue weighted by molar-refractivity contribution is 5.76. The summed E-state index contributed by atoms with van der Waals surface area (Å²) in [6, 6.07) is 9.19. The van der Waals surface area contributed by atoms with Gasteiger partial charge in [0, 0.05) is 33.1 Å². The molecule has 1 aromatic heterocycles. The molecule has 1 N–H and O–H groups in total. The molecule has 0 aliphatic carbocycles. The molecule has 1 aliphatic heterocycles. The minimum absolute atomic E-state index is 0.0227. The Morgan fingerprint density at radius 3 is 2.88 bits per heavy atom. The van der Waals surface area contributed by atoms with Crippen LogP contribution in [0.5, 0.6) is 0 Å². The summed E-state index contributed by atoms with van der Waals surface area (Å²) in [5, 5.41) is 17.8. The Labute approximate surface area is 194 Å². The molecule has 2 atom stereocenters. The van der Waals surface area contributed by atoms with Crippen LogP contribution in [-0.4, -0.2) is 80.8 Å². The number of aliphatic hydroxyl groups excluding tert-OH is 1. The predicted octanol–water partition coefficient (Wildman–Crippen LogP) is 1.83. The molecule has 0 spiro atoms. The van der Waals surface area contributed by atoms with Crippen LogP contribution >= 0.6 is 0 Å². The molecule has 0 unspecified atom stereocenters. The summed E-state index contributed by atoms with van der Waals surface area (Å²) in [7, 11) is 1.66. The third kappa shape index (κ3) is 7.54. The van der Waals surface area contributed by atoms with E-state index < -0.39 is 6.09 Å². The zero-order valence-corrected chi connectivity index (χ0v) is 19.3. The lowest BCUT2D eigenvalue weighted by Gasteiger charge is -2.31. The van der Waals surface area contributed by atoms with Gasteiger partial charge in [-0.1, -0.05) is 35.5 Å². The van der Waals surface area contributed by atoms with Crippen LogP contribution in [0.3, 0.4) is 0 Å². The Hall–Kier alpha value is -2.98. The highest BCUT2D eigenvalue weighted by Crippen LogP contribution is 2.13. The first-order chi connectivity index (χ1) is 16.0. The Morgan fingerprint density at radius 2 is 2.12 bits per heavy atom. The standard InChI is InChI=1S/C23H33N5O5/c1-18(15-29)28-12-10-21(14-26(2)23(31)33-16-19-7-4-3-5-8-19)32-17-20-13-27(25-24-20)11-6-9-22(28)30/h3-5,7-8,13,18,21,29H,6,9-12,14-17H2,1-2H3/t18-,21+/m0/s1. The molecule has 0 radical (unpaired) electrons. The van der Waals surface area contributed by atoms with Crippen molar-refractivity contribution in [2.24, 2.45) is 0 Å². The molecular formula is C23H33N5O5. The van der Waals surface area contributed by atoms with Crippen molar-refractivity contribution in [1.82, 2.24) is 24.8 Å². The third-order valence-electron chi connectivity index (χ3n) is 5.63. The maximum atomic E-state index is 12.8. The van der Waals surface area contributed by atoms with Crippen LogP contribution in [0.15, 0.2) is 36.5 Å². The number of aryl methyl sites for hydroxylation is 1. The average Bonchev–Trinajstić information content (AvgIpc) is 3.28. The summed E-state index contributed by atoms with van der Waals surface area (Å²) >= 11 is 0. The van der Waals surface area contributed by atoms with Gasteiger partial charge in [-0.15, -0.1) is 5.10 Å². The molecule has 2 bridgehead atoms. The number of hydrogen-bond acceptors (Lipinski definition) is 7. The molecule has 2 amide bonds. The van der Waals surface area contributed by atoms with Crippen LogP contribution in [0.1, 0.15) is 37.4 Å². The summed E-state index contributed by atoms with van der Waals surface area (Å²) in [6.07, 6.45) is 2.50. The molecule has 0 saturated carbocycles. The topological polar surface area (TPSA) is 110 Å². The van der Waals surface area contributed by atoms with E-state index in [0.29, 0.717) is 38.0 Å². The summed E-state index contributed by atoms with van der Waals surface area (Å²) in [4.78, 5) is 28.5. The van der Waals surface area contributed by atoms with E-state index in [2.05, 4.69) is 10.3 Å². The van der Waals surface area contributed by atoms with Gasteiger partial charge in [0.05, 0.1) is 31.6 Å². The number of carbonyl (C=O) groups is 2. The van der Waals surface area contributed by atoms with Gasteiger partial charge in [-0.3, -0.25) is 9.48 Å². The molecule has 10 nitrogen and oxygen atoms in total. The van der Waals surface area contributed by atoms with Crippen molar-refractivity contribution < 1.29 is 24.2 Å². The van der Waals surface area contributed by atoms with Gasteiger partial charge < -0.3 is 24.4 Å². The van der Waals surface area contributed by atoms with Crippen molar-refractivity contribution in [2.75, 3.05) is 26.7 Å². The summed E-state index contributed by atoms with van der Waals surface area (Å²) in [5.74, 6) is -0.0227. The lowest BCUT2D eigenvalue weighted by atomic mass is 10.1. The van der Waals surface area contributed by atoms with Gasteiger partial charge in [0.1, 0.15) is 12.3 Å². The van der Waals surface area contributed by atoms with Gasteiger partial charge in [0.2, 0.25) is 5.91 Å². The minimum Gasteiger partial charge on any atom is -0.445 e. The van der Waals surface area contributed by atoms with Crippen molar-refractivity contribution >= 4 is 12.0 Å².